The summed E-state index contributed by atoms with van der Waals surface area (Å²) in [6.45, 7) is -0.0400. The van der Waals surface area contributed by atoms with Crippen molar-refractivity contribution in [2.75, 3.05) is 0 Å². The van der Waals surface area contributed by atoms with Crippen LogP contribution in [0, 0.1) is 17.1 Å². The number of nitrogens with one attached hydrogen (secondary N) is 1. The van der Waals surface area contributed by atoms with Crippen LogP contribution in [-0.4, -0.2) is 8.42 Å². The van der Waals surface area contributed by atoms with Crippen molar-refractivity contribution >= 4 is 10.0 Å². The molecule has 0 saturated heterocycles. The van der Waals surface area contributed by atoms with Crippen LogP contribution < -0.4 is 10.5 Å². The minimum absolute atomic E-state index is 0.0400. The molecule has 0 unspecified atom stereocenters. The van der Waals surface area contributed by atoms with E-state index in [9.17, 15) is 12.8 Å². The van der Waals surface area contributed by atoms with E-state index >= 15 is 0 Å². The predicted octanol–water partition coefficient (Wildman–Crippen LogP) is 0.569. The number of nitrogens with two attached hydrogens (primary N) is 1. The number of hydrogen-bond donors (Lipinski definition) is 2. The van der Waals surface area contributed by atoms with Crippen molar-refractivity contribution in [2.45, 2.75) is 6.54 Å². The van der Waals surface area contributed by atoms with Crippen LogP contribution in [0.5, 0.6) is 0 Å². The Labute approximate surface area is 98.4 Å². The number of allylic oxidation sites excluding steroid dienone is 1. The molecule has 7 heteroatoms. The van der Waals surface area contributed by atoms with Crippen LogP contribution in [0.25, 0.3) is 0 Å². The molecule has 0 bridgehead atoms. The highest BCUT2D eigenvalue weighted by Crippen LogP contribution is 2.05. The number of halogens is 1. The first kappa shape index (κ1) is 13.2. The second kappa shape index (κ2) is 5.43. The minimum atomic E-state index is -3.90. The second-order valence-electron chi connectivity index (χ2n) is 3.09. The molecule has 0 aliphatic carbocycles. The molecule has 90 valence electrons. The fourth-order valence-electron chi connectivity index (χ4n) is 1.05. The Morgan fingerprint density at radius 1 is 1.47 bits per heavy atom. The van der Waals surface area contributed by atoms with Crippen LogP contribution in [0.4, 0.5) is 4.39 Å². The Morgan fingerprint density at radius 2 is 2.06 bits per heavy atom. The predicted molar refractivity (Wildman–Crippen MR) is 60.0 cm³/mol. The fraction of sp³-hybridized carbons (Fsp3) is 0.100. The summed E-state index contributed by atoms with van der Waals surface area (Å²) in [5.74, 6) is -0.406. The van der Waals surface area contributed by atoms with Crippen molar-refractivity contribution in [2.24, 2.45) is 5.73 Å². The molecule has 0 atom stereocenters. The van der Waals surface area contributed by atoms with Gasteiger partial charge in [-0.2, -0.15) is 5.26 Å². The summed E-state index contributed by atoms with van der Waals surface area (Å²) < 4.78 is 37.7. The van der Waals surface area contributed by atoms with Crippen molar-refractivity contribution in [1.82, 2.24) is 4.72 Å². The van der Waals surface area contributed by atoms with Gasteiger partial charge in [-0.3, -0.25) is 0 Å². The molecule has 0 heterocycles. The number of nitrogens with zero attached hydrogens (tertiary/aromatic N) is 1. The lowest BCUT2D eigenvalue weighted by molar-refractivity contribution is 0.588. The van der Waals surface area contributed by atoms with Crippen molar-refractivity contribution in [1.29, 1.82) is 5.26 Å². The van der Waals surface area contributed by atoms with Gasteiger partial charge in [0.25, 0.3) is 10.0 Å². The number of benzene rings is 1. The average Bonchev–Trinajstić information content (AvgIpc) is 2.29. The average molecular weight is 255 g/mol. The monoisotopic (exact) mass is 255 g/mol. The molecule has 0 saturated carbocycles. The zero-order valence-corrected chi connectivity index (χ0v) is 9.54. The largest absolute Gasteiger partial charge is 0.403 e. The van der Waals surface area contributed by atoms with Gasteiger partial charge in [-0.1, -0.05) is 12.1 Å². The first-order valence-corrected chi connectivity index (χ1v) is 6.04. The smallest absolute Gasteiger partial charge is 0.252 e. The lowest BCUT2D eigenvalue weighted by Gasteiger charge is -2.04. The summed E-state index contributed by atoms with van der Waals surface area (Å²) in [6, 6.07) is 6.78. The van der Waals surface area contributed by atoms with Crippen LogP contribution in [0.15, 0.2) is 35.4 Å². The summed E-state index contributed by atoms with van der Waals surface area (Å²) in [7, 11) is -3.90. The first-order chi connectivity index (χ1) is 7.99. The van der Waals surface area contributed by atoms with Gasteiger partial charge in [0.05, 0.1) is 0 Å². The van der Waals surface area contributed by atoms with Gasteiger partial charge in [0, 0.05) is 12.7 Å². The van der Waals surface area contributed by atoms with Crippen LogP contribution in [-0.2, 0) is 16.6 Å². The van der Waals surface area contributed by atoms with Crippen LogP contribution in [0.1, 0.15) is 5.56 Å². The second-order valence-corrected chi connectivity index (χ2v) is 4.83. The van der Waals surface area contributed by atoms with Gasteiger partial charge in [0.15, 0.2) is 4.91 Å². The molecule has 0 amide bonds. The van der Waals surface area contributed by atoms with Crippen LogP contribution in [0.2, 0.25) is 0 Å². The minimum Gasteiger partial charge on any atom is -0.403 e. The molecule has 0 aromatic heterocycles. The molecule has 3 N–H and O–H groups in total. The quantitative estimate of drug-likeness (QED) is 0.769. The summed E-state index contributed by atoms with van der Waals surface area (Å²) in [5.41, 5.74) is 5.58. The molecule has 0 radical (unpaired) electrons. The maximum absolute atomic E-state index is 12.6. The van der Waals surface area contributed by atoms with Gasteiger partial charge in [-0.25, -0.2) is 17.5 Å². The fourth-order valence-corrected chi connectivity index (χ4v) is 1.86. The highest BCUT2D eigenvalue weighted by molar-refractivity contribution is 7.93. The molecule has 5 nitrogen and oxygen atoms in total. The molecule has 1 aromatic rings. The van der Waals surface area contributed by atoms with Gasteiger partial charge in [0.1, 0.15) is 11.9 Å². The summed E-state index contributed by atoms with van der Waals surface area (Å²) in [4.78, 5) is -0.556. The third kappa shape index (κ3) is 3.55. The number of hydrogen-bond acceptors (Lipinski definition) is 4. The molecule has 0 fully saturated rings. The molecule has 1 aromatic carbocycles. The normalized spacial score (nSPS) is 12.1. The molecule has 0 aliphatic heterocycles. The first-order valence-electron chi connectivity index (χ1n) is 4.55. The zero-order chi connectivity index (χ0) is 12.9. The molecule has 0 aliphatic rings. The van der Waals surface area contributed by atoms with Gasteiger partial charge in [-0.05, 0) is 17.7 Å². The zero-order valence-electron chi connectivity index (χ0n) is 8.72. The van der Waals surface area contributed by atoms with E-state index < -0.39 is 20.7 Å². The lowest BCUT2D eigenvalue weighted by Crippen LogP contribution is -2.24. The molecule has 0 spiro atoms. The Kier molecular flexibility index (Phi) is 4.20. The van der Waals surface area contributed by atoms with Crippen LogP contribution >= 0.6 is 0 Å². The van der Waals surface area contributed by atoms with E-state index in [0.29, 0.717) is 11.8 Å². The Morgan fingerprint density at radius 3 is 2.53 bits per heavy atom. The Hall–Kier alpha value is -1.91. The number of nitriles is 1. The summed E-state index contributed by atoms with van der Waals surface area (Å²) in [5, 5.41) is 8.53. The van der Waals surface area contributed by atoms with Crippen molar-refractivity contribution < 1.29 is 12.8 Å². The van der Waals surface area contributed by atoms with E-state index in [4.69, 9.17) is 11.0 Å². The highest BCUT2D eigenvalue weighted by atomic mass is 32.2. The van der Waals surface area contributed by atoms with E-state index in [1.807, 2.05) is 0 Å². The molecule has 1 rings (SSSR count). The van der Waals surface area contributed by atoms with Crippen molar-refractivity contribution in [3.05, 3.63) is 46.8 Å². The molecular formula is C10H10FN3O2S. The maximum Gasteiger partial charge on any atom is 0.252 e. The standard InChI is InChI=1S/C10H10FN3O2S/c11-9-3-1-8(2-4-9)7-14-17(15,16)10(5-12)6-13/h1-5,14H,7,12H2/b10-5+. The highest BCUT2D eigenvalue weighted by Gasteiger charge is 2.16. The van der Waals surface area contributed by atoms with E-state index in [-0.39, 0.29) is 6.54 Å². The van der Waals surface area contributed by atoms with E-state index in [1.54, 1.807) is 0 Å². The van der Waals surface area contributed by atoms with E-state index in [0.717, 1.165) is 0 Å². The molecule has 17 heavy (non-hydrogen) atoms. The lowest BCUT2D eigenvalue weighted by atomic mass is 10.2. The third-order valence-corrected chi connectivity index (χ3v) is 3.26. The van der Waals surface area contributed by atoms with Crippen molar-refractivity contribution in [3.63, 3.8) is 0 Å². The van der Waals surface area contributed by atoms with Crippen LogP contribution in [0.3, 0.4) is 0 Å². The third-order valence-electron chi connectivity index (χ3n) is 1.93. The number of rotatable bonds is 4. The van der Waals surface area contributed by atoms with Gasteiger partial charge >= 0.3 is 0 Å². The van der Waals surface area contributed by atoms with E-state index in [2.05, 4.69) is 4.72 Å². The SMILES string of the molecule is N#C/C(=C\N)S(=O)(=O)NCc1ccc(F)cc1. The van der Waals surface area contributed by atoms with Crippen molar-refractivity contribution in [3.8, 4) is 6.07 Å². The van der Waals surface area contributed by atoms with Gasteiger partial charge in [0.2, 0.25) is 0 Å². The summed E-state index contributed by atoms with van der Waals surface area (Å²) in [6.07, 6.45) is 0.715. The van der Waals surface area contributed by atoms with Gasteiger partial charge < -0.3 is 5.73 Å². The Bertz CT molecular complexity index is 558. The van der Waals surface area contributed by atoms with E-state index in [1.165, 1.54) is 30.3 Å². The Balaban J connectivity index is 2.75. The summed E-state index contributed by atoms with van der Waals surface area (Å²) >= 11 is 0. The van der Waals surface area contributed by atoms with Gasteiger partial charge in [-0.15, -0.1) is 0 Å². The maximum atomic E-state index is 12.6. The molecular weight excluding hydrogens is 245 g/mol. The topological polar surface area (TPSA) is 96.0 Å². The number of sulfonamides is 1.